The molecule has 0 spiro atoms. The molecule has 88 valence electrons. The molecule has 2 aliphatic rings. The van der Waals surface area contributed by atoms with Gasteiger partial charge >= 0.3 is 5.97 Å². The Morgan fingerprint density at radius 3 is 1.94 bits per heavy atom. The molecule has 1 aliphatic carbocycles. The second-order valence-corrected chi connectivity index (χ2v) is 4.54. The smallest absolute Gasteiger partial charge is 0.356 e. The van der Waals surface area contributed by atoms with Crippen LogP contribution in [0, 0.1) is 0 Å². The Morgan fingerprint density at radius 2 is 1.53 bits per heavy atom. The van der Waals surface area contributed by atoms with Crippen molar-refractivity contribution >= 4 is 35.0 Å². The van der Waals surface area contributed by atoms with E-state index in [2.05, 4.69) is 0 Å². The fraction of sp³-hybridized carbons (Fsp3) is 0.167. The second-order valence-electron chi connectivity index (χ2n) is 3.79. The summed E-state index contributed by atoms with van der Waals surface area (Å²) in [5, 5.41) is -0.0581. The monoisotopic (exact) mass is 270 g/mol. The largest absolute Gasteiger partial charge is 0.420 e. The molecule has 1 heterocycles. The lowest BCUT2D eigenvalue weighted by Crippen LogP contribution is -2.07. The molecule has 17 heavy (non-hydrogen) atoms. The Hall–Kier alpha value is -1.32. The highest BCUT2D eigenvalue weighted by molar-refractivity contribution is 6.49. The summed E-state index contributed by atoms with van der Waals surface area (Å²) in [5.74, 6) is -0.508. The summed E-state index contributed by atoms with van der Waals surface area (Å²) in [6.07, 6.45) is 3.24. The van der Waals surface area contributed by atoms with Crippen LogP contribution in [0.5, 0.6) is 0 Å². The zero-order valence-electron chi connectivity index (χ0n) is 9.14. The van der Waals surface area contributed by atoms with Crippen molar-refractivity contribution in [2.75, 3.05) is 0 Å². The van der Waals surface area contributed by atoms with E-state index in [0.29, 0.717) is 16.7 Å². The maximum absolute atomic E-state index is 11.6. The van der Waals surface area contributed by atoms with E-state index in [1.165, 1.54) is 0 Å². The minimum absolute atomic E-state index is 0.0372. The predicted molar refractivity (Wildman–Crippen MR) is 64.4 cm³/mol. The lowest BCUT2D eigenvalue weighted by atomic mass is 9.95. The van der Waals surface area contributed by atoms with Crippen molar-refractivity contribution in [2.45, 2.75) is 13.8 Å². The van der Waals surface area contributed by atoms with E-state index < -0.39 is 5.97 Å². The Bertz CT molecular complexity index is 538. The summed E-state index contributed by atoms with van der Waals surface area (Å²) in [5.41, 5.74) is 1.71. The minimum atomic E-state index is -0.673. The molecule has 0 radical (unpaired) electrons. The molecule has 0 atom stereocenters. The number of ketones is 1. The quantitative estimate of drug-likeness (QED) is 0.636. The van der Waals surface area contributed by atoms with Crippen LogP contribution in [-0.2, 0) is 14.3 Å². The van der Waals surface area contributed by atoms with Crippen LogP contribution in [0.4, 0.5) is 0 Å². The molecule has 2 rings (SSSR count). The van der Waals surface area contributed by atoms with Gasteiger partial charge in [0.15, 0.2) is 11.5 Å². The van der Waals surface area contributed by atoms with Gasteiger partial charge in [0.2, 0.25) is 0 Å². The van der Waals surface area contributed by atoms with Gasteiger partial charge in [0, 0.05) is 5.57 Å². The van der Waals surface area contributed by atoms with Crippen LogP contribution in [0.2, 0.25) is 0 Å². The number of allylic oxidation sites excluding steroid dienone is 6. The average Bonchev–Trinajstić information content (AvgIpc) is 2.53. The van der Waals surface area contributed by atoms with Gasteiger partial charge in [-0.25, -0.2) is 4.79 Å². The molecule has 0 saturated heterocycles. The van der Waals surface area contributed by atoms with Crippen molar-refractivity contribution in [2.24, 2.45) is 0 Å². The summed E-state index contributed by atoms with van der Waals surface area (Å²) in [4.78, 5) is 22.8. The Morgan fingerprint density at radius 1 is 1.00 bits per heavy atom. The van der Waals surface area contributed by atoms with Gasteiger partial charge in [-0.15, -0.1) is 0 Å². The van der Waals surface area contributed by atoms with E-state index >= 15 is 0 Å². The minimum Gasteiger partial charge on any atom is -0.420 e. The van der Waals surface area contributed by atoms with Crippen LogP contribution < -0.4 is 0 Å². The van der Waals surface area contributed by atoms with Gasteiger partial charge in [-0.05, 0) is 37.1 Å². The van der Waals surface area contributed by atoms with Gasteiger partial charge in [-0.3, -0.25) is 4.79 Å². The highest BCUT2D eigenvalue weighted by Crippen LogP contribution is 2.36. The molecular formula is C12H8Cl2O3. The Kier molecular flexibility index (Phi) is 2.98. The van der Waals surface area contributed by atoms with Crippen molar-refractivity contribution in [3.8, 4) is 0 Å². The van der Waals surface area contributed by atoms with Crippen LogP contribution in [0.3, 0.4) is 0 Å². The zero-order valence-corrected chi connectivity index (χ0v) is 10.6. The molecule has 1 aliphatic heterocycles. The first-order valence-corrected chi connectivity index (χ1v) is 5.61. The first kappa shape index (κ1) is 12.1. The molecule has 0 unspecified atom stereocenters. The molecule has 0 amide bonds. The van der Waals surface area contributed by atoms with Gasteiger partial charge in [0.1, 0.15) is 10.1 Å². The third-order valence-electron chi connectivity index (χ3n) is 2.49. The number of halogens is 2. The summed E-state index contributed by atoms with van der Waals surface area (Å²) in [7, 11) is 0. The van der Waals surface area contributed by atoms with Crippen LogP contribution in [-0.4, -0.2) is 11.8 Å². The summed E-state index contributed by atoms with van der Waals surface area (Å²) >= 11 is 11.5. The van der Waals surface area contributed by atoms with Gasteiger partial charge < -0.3 is 4.74 Å². The number of cyclic esters (lactones) is 1. The molecule has 0 saturated carbocycles. The molecule has 5 heteroatoms. The summed E-state index contributed by atoms with van der Waals surface area (Å²) < 4.78 is 4.96. The summed E-state index contributed by atoms with van der Waals surface area (Å²) in [6, 6.07) is 0. The normalized spacial score (nSPS) is 20.7. The van der Waals surface area contributed by atoms with Crippen molar-refractivity contribution in [3.05, 3.63) is 44.7 Å². The van der Waals surface area contributed by atoms with Crippen molar-refractivity contribution < 1.29 is 14.3 Å². The molecule has 0 aromatic rings. The van der Waals surface area contributed by atoms with Gasteiger partial charge in [-0.2, -0.15) is 0 Å². The van der Waals surface area contributed by atoms with E-state index in [4.69, 9.17) is 27.9 Å². The fourth-order valence-corrected chi connectivity index (χ4v) is 1.99. The number of carbonyl (C=O) groups excluding carboxylic acids is 2. The molecule has 0 N–H and O–H groups in total. The van der Waals surface area contributed by atoms with Crippen molar-refractivity contribution in [3.63, 3.8) is 0 Å². The lowest BCUT2D eigenvalue weighted by molar-refractivity contribution is -0.132. The van der Waals surface area contributed by atoms with Crippen LogP contribution in [0.25, 0.3) is 0 Å². The molecule has 0 bridgehead atoms. The molecule has 3 nitrogen and oxygen atoms in total. The maximum Gasteiger partial charge on any atom is 0.356 e. The third-order valence-corrected chi connectivity index (χ3v) is 3.29. The lowest BCUT2D eigenvalue weighted by Gasteiger charge is -2.11. The number of Topliss-reactive ketones (excluding diaryl/α,β-unsaturated/α-hetero) is 1. The van der Waals surface area contributed by atoms with E-state index in [-0.39, 0.29) is 21.6 Å². The van der Waals surface area contributed by atoms with E-state index in [0.717, 1.165) is 0 Å². The third kappa shape index (κ3) is 1.96. The number of rotatable bonds is 0. The van der Waals surface area contributed by atoms with Gasteiger partial charge in [0.05, 0.1) is 0 Å². The maximum atomic E-state index is 11.6. The first-order chi connectivity index (χ1) is 7.91. The van der Waals surface area contributed by atoms with Crippen molar-refractivity contribution in [1.82, 2.24) is 0 Å². The van der Waals surface area contributed by atoms with Gasteiger partial charge in [-0.1, -0.05) is 23.2 Å². The van der Waals surface area contributed by atoms with E-state index in [9.17, 15) is 9.59 Å². The zero-order chi connectivity index (χ0) is 12.7. The highest BCUT2D eigenvalue weighted by atomic mass is 35.5. The molecule has 0 fully saturated rings. The number of hydrogen-bond donors (Lipinski definition) is 0. The van der Waals surface area contributed by atoms with Crippen LogP contribution in [0.1, 0.15) is 13.8 Å². The van der Waals surface area contributed by atoms with Crippen LogP contribution in [0.15, 0.2) is 44.7 Å². The number of esters is 1. The van der Waals surface area contributed by atoms with Crippen molar-refractivity contribution in [1.29, 1.82) is 0 Å². The average molecular weight is 271 g/mol. The van der Waals surface area contributed by atoms with E-state index in [1.54, 1.807) is 26.0 Å². The van der Waals surface area contributed by atoms with Gasteiger partial charge in [0.25, 0.3) is 0 Å². The van der Waals surface area contributed by atoms with Crippen LogP contribution >= 0.6 is 23.2 Å². The highest BCUT2D eigenvalue weighted by Gasteiger charge is 2.30. The Balaban J connectivity index is 2.57. The SMILES string of the molecule is CC1=CC(=C2OC(=O)C(Cl)=C2Cl)C=C(C)C1=O. The number of ether oxygens (including phenoxy) is 1. The molecule has 0 aromatic heterocycles. The number of hydrogen-bond acceptors (Lipinski definition) is 3. The second kappa shape index (κ2) is 4.17. The first-order valence-electron chi connectivity index (χ1n) is 4.85. The molecular weight excluding hydrogens is 263 g/mol. The summed E-state index contributed by atoms with van der Waals surface area (Å²) in [6.45, 7) is 3.38. The Labute approximate surface area is 108 Å². The fourth-order valence-electron chi connectivity index (χ4n) is 1.64. The predicted octanol–water partition coefficient (Wildman–Crippen LogP) is 2.96. The standard InChI is InChI=1S/C12H8Cl2O3/c1-5-3-7(4-6(2)10(5)15)11-8(13)9(14)12(16)17-11/h3-4H,1-2H3. The van der Waals surface area contributed by atoms with E-state index in [1.807, 2.05) is 0 Å². The molecule has 0 aromatic carbocycles. The topological polar surface area (TPSA) is 43.4 Å². The number of carbonyl (C=O) groups is 2.